The van der Waals surface area contributed by atoms with Crippen LogP contribution in [0.25, 0.3) is 76.6 Å². The van der Waals surface area contributed by atoms with E-state index in [1.54, 1.807) is 11.3 Å². The predicted octanol–water partition coefficient (Wildman–Crippen LogP) is 10.3. The van der Waals surface area contributed by atoms with E-state index in [1.807, 2.05) is 18.2 Å². The lowest BCUT2D eigenvalue weighted by molar-refractivity contribution is 0.655. The van der Waals surface area contributed by atoms with E-state index in [-0.39, 0.29) is 5.41 Å². The molecule has 1 aliphatic carbocycles. The molecule has 3 aromatic heterocycles. The zero-order valence-electron chi connectivity index (χ0n) is 23.6. The van der Waals surface area contributed by atoms with E-state index >= 15 is 0 Å². The molecule has 0 N–H and O–H groups in total. The summed E-state index contributed by atoms with van der Waals surface area (Å²) in [6.45, 7) is 4.55. The molecule has 0 radical (unpaired) electrons. The number of furan rings is 1. The summed E-state index contributed by atoms with van der Waals surface area (Å²) in [7, 11) is 0. The minimum atomic E-state index is -0.273. The van der Waals surface area contributed by atoms with Crippen LogP contribution in [0.2, 0.25) is 0 Å². The Balaban J connectivity index is 1.27. The number of thiazole rings is 1. The third-order valence-electron chi connectivity index (χ3n) is 8.73. The Morgan fingerprint density at radius 2 is 1.28 bits per heavy atom. The molecule has 5 aromatic carbocycles. The van der Waals surface area contributed by atoms with E-state index in [2.05, 4.69) is 111 Å². The molecule has 0 spiro atoms. The molecule has 0 unspecified atom stereocenters. The van der Waals surface area contributed by atoms with Crippen LogP contribution < -0.4 is 0 Å². The monoisotopic (exact) mass is 571 g/mol. The van der Waals surface area contributed by atoms with Gasteiger partial charge in [-0.3, -0.25) is 0 Å². The molecule has 0 aliphatic heterocycles. The predicted molar refractivity (Wildman–Crippen MR) is 176 cm³/mol. The summed E-state index contributed by atoms with van der Waals surface area (Å²) in [4.78, 5) is 15.4. The number of aromatic nitrogens is 3. The van der Waals surface area contributed by atoms with Crippen LogP contribution in [-0.2, 0) is 5.41 Å². The molecule has 0 amide bonds. The number of nitrogens with zero attached hydrogens (tertiary/aromatic N) is 3. The van der Waals surface area contributed by atoms with Gasteiger partial charge in [-0.1, -0.05) is 105 Å². The van der Waals surface area contributed by atoms with Gasteiger partial charge >= 0.3 is 0 Å². The lowest BCUT2D eigenvalue weighted by atomic mass is 9.80. The fourth-order valence-electron chi connectivity index (χ4n) is 6.63. The van der Waals surface area contributed by atoms with Gasteiger partial charge in [0.25, 0.3) is 0 Å². The molecule has 8 aromatic rings. The Morgan fingerprint density at radius 1 is 0.605 bits per heavy atom. The SMILES string of the molecule is CC1(C)c2ccccc2-c2nc(-c3ccc(-c4nc5ccccc5s4)cc3)nc(-c3cccc4c3oc3ccccc34)c21. The van der Waals surface area contributed by atoms with Crippen molar-refractivity contribution in [2.75, 3.05) is 0 Å². The molecule has 9 rings (SSSR count). The molecule has 43 heavy (non-hydrogen) atoms. The van der Waals surface area contributed by atoms with Crippen molar-refractivity contribution in [2.45, 2.75) is 19.3 Å². The Hall–Kier alpha value is -5.13. The first-order valence-electron chi connectivity index (χ1n) is 14.5. The summed E-state index contributed by atoms with van der Waals surface area (Å²) in [5.41, 5.74) is 11.0. The largest absolute Gasteiger partial charge is 0.455 e. The van der Waals surface area contributed by atoms with Crippen LogP contribution >= 0.6 is 11.3 Å². The summed E-state index contributed by atoms with van der Waals surface area (Å²) in [6.07, 6.45) is 0. The molecule has 204 valence electrons. The highest BCUT2D eigenvalue weighted by molar-refractivity contribution is 7.21. The van der Waals surface area contributed by atoms with Gasteiger partial charge in [-0.05, 0) is 29.8 Å². The normalized spacial score (nSPS) is 13.5. The quantitative estimate of drug-likeness (QED) is 0.212. The lowest BCUT2D eigenvalue weighted by Crippen LogP contribution is -2.17. The minimum Gasteiger partial charge on any atom is -0.455 e. The molecule has 0 saturated heterocycles. The van der Waals surface area contributed by atoms with Crippen LogP contribution in [-0.4, -0.2) is 15.0 Å². The third kappa shape index (κ3) is 3.58. The van der Waals surface area contributed by atoms with Crippen molar-refractivity contribution in [3.05, 3.63) is 126 Å². The first-order chi connectivity index (χ1) is 21.1. The van der Waals surface area contributed by atoms with Gasteiger partial charge < -0.3 is 4.42 Å². The summed E-state index contributed by atoms with van der Waals surface area (Å²) >= 11 is 1.71. The van der Waals surface area contributed by atoms with Gasteiger partial charge in [0.1, 0.15) is 16.2 Å². The number of benzene rings is 5. The zero-order chi connectivity index (χ0) is 28.7. The first kappa shape index (κ1) is 24.5. The summed E-state index contributed by atoms with van der Waals surface area (Å²) < 4.78 is 7.70. The Bertz CT molecular complexity index is 2350. The van der Waals surface area contributed by atoms with Crippen LogP contribution in [0, 0.1) is 0 Å². The molecule has 5 heteroatoms. The molecule has 0 bridgehead atoms. The molecule has 3 heterocycles. The molecule has 0 saturated carbocycles. The van der Waals surface area contributed by atoms with Gasteiger partial charge in [-0.15, -0.1) is 11.3 Å². The smallest absolute Gasteiger partial charge is 0.160 e. The first-order valence-corrected chi connectivity index (χ1v) is 15.3. The second-order valence-electron chi connectivity index (χ2n) is 11.6. The van der Waals surface area contributed by atoms with Crippen molar-refractivity contribution in [1.82, 2.24) is 15.0 Å². The van der Waals surface area contributed by atoms with E-state index < -0.39 is 0 Å². The van der Waals surface area contributed by atoms with Gasteiger partial charge in [-0.25, -0.2) is 15.0 Å². The number of hydrogen-bond acceptors (Lipinski definition) is 5. The molecular weight excluding hydrogens is 547 g/mol. The third-order valence-corrected chi connectivity index (χ3v) is 9.82. The molecule has 4 nitrogen and oxygen atoms in total. The van der Waals surface area contributed by atoms with Crippen molar-refractivity contribution < 1.29 is 4.42 Å². The molecular formula is C38H25N3OS. The summed E-state index contributed by atoms with van der Waals surface area (Å²) in [6, 6.07) is 39.9. The van der Waals surface area contributed by atoms with Gasteiger partial charge in [0.2, 0.25) is 0 Å². The van der Waals surface area contributed by atoms with Gasteiger partial charge in [0, 0.05) is 44.0 Å². The van der Waals surface area contributed by atoms with Gasteiger partial charge in [0.05, 0.1) is 21.6 Å². The van der Waals surface area contributed by atoms with Crippen LogP contribution in [0.1, 0.15) is 25.0 Å². The second-order valence-corrected chi connectivity index (χ2v) is 12.7. The lowest BCUT2D eigenvalue weighted by Gasteiger charge is -2.23. The average molecular weight is 572 g/mol. The van der Waals surface area contributed by atoms with E-state index in [4.69, 9.17) is 19.4 Å². The number of fused-ring (bicyclic) bond motifs is 7. The highest BCUT2D eigenvalue weighted by Crippen LogP contribution is 2.52. The summed E-state index contributed by atoms with van der Waals surface area (Å²) in [5.74, 6) is 0.699. The standard InChI is InChI=1S/C38H25N3OS/c1-38(2)28-14-5-3-11-26(28)33-32(38)34(27-13-9-12-25-24-10-4-7-16-30(24)42-35(25)27)41-36(40-33)22-18-20-23(21-19-22)37-39-29-15-6-8-17-31(29)43-37/h3-21H,1-2H3. The summed E-state index contributed by atoms with van der Waals surface area (Å²) in [5, 5.41) is 3.21. The molecule has 1 aliphatic rings. The molecule has 0 atom stereocenters. The fraction of sp³-hybridized carbons (Fsp3) is 0.0789. The number of rotatable bonds is 3. The highest BCUT2D eigenvalue weighted by Gasteiger charge is 2.40. The maximum atomic E-state index is 6.51. The Kier molecular flexibility index (Phi) is 5.08. The van der Waals surface area contributed by atoms with Crippen molar-refractivity contribution >= 4 is 43.5 Å². The Morgan fingerprint density at radius 3 is 2.14 bits per heavy atom. The second kappa shape index (κ2) is 8.93. The zero-order valence-corrected chi connectivity index (χ0v) is 24.4. The van der Waals surface area contributed by atoms with Crippen LogP contribution in [0.15, 0.2) is 120 Å². The Labute approximate surface area is 252 Å². The maximum Gasteiger partial charge on any atom is 0.160 e. The van der Waals surface area contributed by atoms with E-state index in [0.717, 1.165) is 71.7 Å². The number of para-hydroxylation sites is 3. The maximum absolute atomic E-state index is 6.51. The van der Waals surface area contributed by atoms with Crippen molar-refractivity contribution in [3.63, 3.8) is 0 Å². The average Bonchev–Trinajstić information content (AvgIpc) is 3.72. The van der Waals surface area contributed by atoms with E-state index in [9.17, 15) is 0 Å². The fourth-order valence-corrected chi connectivity index (χ4v) is 7.60. The number of hydrogen-bond donors (Lipinski definition) is 0. The van der Waals surface area contributed by atoms with E-state index in [1.165, 1.54) is 10.3 Å². The minimum absolute atomic E-state index is 0.273. The van der Waals surface area contributed by atoms with Gasteiger partial charge in [-0.2, -0.15) is 0 Å². The van der Waals surface area contributed by atoms with Crippen LogP contribution in [0.4, 0.5) is 0 Å². The van der Waals surface area contributed by atoms with Crippen molar-refractivity contribution in [1.29, 1.82) is 0 Å². The van der Waals surface area contributed by atoms with E-state index in [0.29, 0.717) is 5.82 Å². The van der Waals surface area contributed by atoms with Crippen molar-refractivity contribution in [3.8, 4) is 44.5 Å². The molecule has 0 fully saturated rings. The topological polar surface area (TPSA) is 51.8 Å². The van der Waals surface area contributed by atoms with Gasteiger partial charge in [0.15, 0.2) is 5.82 Å². The van der Waals surface area contributed by atoms with Crippen LogP contribution in [0.5, 0.6) is 0 Å². The highest BCUT2D eigenvalue weighted by atomic mass is 32.1. The van der Waals surface area contributed by atoms with Crippen LogP contribution in [0.3, 0.4) is 0 Å². The van der Waals surface area contributed by atoms with Crippen molar-refractivity contribution in [2.24, 2.45) is 0 Å².